The lowest BCUT2D eigenvalue weighted by Crippen LogP contribution is -1.99. The van der Waals surface area contributed by atoms with Crippen molar-refractivity contribution >= 4 is 23.6 Å². The lowest BCUT2D eigenvalue weighted by molar-refractivity contribution is 0.0607. The molecule has 0 aliphatic heterocycles. The van der Waals surface area contributed by atoms with E-state index in [1.807, 2.05) is 30.3 Å². The second-order valence-corrected chi connectivity index (χ2v) is 4.45. The van der Waals surface area contributed by atoms with Gasteiger partial charge in [-0.1, -0.05) is 30.3 Å². The van der Waals surface area contributed by atoms with Gasteiger partial charge in [-0.3, -0.25) is 4.79 Å². The Morgan fingerprint density at radius 3 is 2.59 bits per heavy atom. The molecule has 0 saturated carbocycles. The van der Waals surface area contributed by atoms with Crippen molar-refractivity contribution in [2.45, 2.75) is 0 Å². The minimum absolute atomic E-state index is 0.415. The average molecular weight is 246 g/mol. The molecule has 17 heavy (non-hydrogen) atoms. The van der Waals surface area contributed by atoms with Crippen LogP contribution in [0.2, 0.25) is 0 Å². The molecule has 1 heterocycles. The number of carbonyl (C=O) groups is 2. The number of thiophene rings is 1. The van der Waals surface area contributed by atoms with Crippen molar-refractivity contribution in [3.63, 3.8) is 0 Å². The van der Waals surface area contributed by atoms with Crippen molar-refractivity contribution in [2.75, 3.05) is 7.11 Å². The molecular formula is C13H10O3S. The summed E-state index contributed by atoms with van der Waals surface area (Å²) in [7, 11) is 1.33. The Morgan fingerprint density at radius 2 is 2.00 bits per heavy atom. The maximum atomic E-state index is 11.6. The summed E-state index contributed by atoms with van der Waals surface area (Å²) in [5.74, 6) is -0.415. The third-order valence-corrected chi connectivity index (χ3v) is 3.36. The molecule has 1 aromatic carbocycles. The molecule has 3 nitrogen and oxygen atoms in total. The fourth-order valence-electron chi connectivity index (χ4n) is 1.54. The topological polar surface area (TPSA) is 43.4 Å². The molecule has 0 bridgehead atoms. The van der Waals surface area contributed by atoms with Crippen molar-refractivity contribution in [1.82, 2.24) is 0 Å². The van der Waals surface area contributed by atoms with E-state index in [1.54, 1.807) is 6.07 Å². The van der Waals surface area contributed by atoms with Gasteiger partial charge in [0.2, 0.25) is 0 Å². The molecule has 0 saturated heterocycles. The van der Waals surface area contributed by atoms with Crippen LogP contribution in [0.1, 0.15) is 19.3 Å². The predicted octanol–water partition coefficient (Wildman–Crippen LogP) is 3.01. The Labute approximate surface area is 103 Å². The molecule has 2 rings (SSSR count). The summed E-state index contributed by atoms with van der Waals surface area (Å²) >= 11 is 1.14. The number of hydrogen-bond acceptors (Lipinski definition) is 4. The molecule has 0 spiro atoms. The van der Waals surface area contributed by atoms with Gasteiger partial charge in [0.1, 0.15) is 4.88 Å². The first kappa shape index (κ1) is 11.5. The quantitative estimate of drug-likeness (QED) is 0.617. The normalized spacial score (nSPS) is 9.94. The number of carbonyl (C=O) groups excluding carboxylic acids is 2. The van der Waals surface area contributed by atoms with E-state index in [0.29, 0.717) is 9.75 Å². The minimum atomic E-state index is -0.415. The number of hydrogen-bond donors (Lipinski definition) is 0. The number of aldehydes is 1. The van der Waals surface area contributed by atoms with E-state index in [1.165, 1.54) is 7.11 Å². The van der Waals surface area contributed by atoms with Gasteiger partial charge in [0.15, 0.2) is 6.29 Å². The molecule has 1 aromatic heterocycles. The Bertz CT molecular complexity index is 543. The average Bonchev–Trinajstić information content (AvgIpc) is 2.83. The zero-order valence-corrected chi connectivity index (χ0v) is 9.99. The highest BCUT2D eigenvalue weighted by Gasteiger charge is 2.17. The molecule has 0 atom stereocenters. The molecule has 0 amide bonds. The van der Waals surface area contributed by atoms with Gasteiger partial charge in [0.25, 0.3) is 0 Å². The Balaban J connectivity index is 2.56. The van der Waals surface area contributed by atoms with Crippen molar-refractivity contribution in [1.29, 1.82) is 0 Å². The predicted molar refractivity (Wildman–Crippen MR) is 66.5 cm³/mol. The van der Waals surface area contributed by atoms with E-state index in [0.717, 1.165) is 28.7 Å². The highest BCUT2D eigenvalue weighted by molar-refractivity contribution is 7.16. The van der Waals surface area contributed by atoms with Gasteiger partial charge in [0.05, 0.1) is 12.0 Å². The third kappa shape index (κ3) is 2.26. The van der Waals surface area contributed by atoms with E-state index < -0.39 is 5.97 Å². The lowest BCUT2D eigenvalue weighted by atomic mass is 10.1. The molecule has 0 aliphatic rings. The standard InChI is InChI=1S/C13H10O3S/c1-16-13(15)12-11(7-10(8-14)17-12)9-5-3-2-4-6-9/h2-8H,1H3. The van der Waals surface area contributed by atoms with Crippen LogP contribution in [0.15, 0.2) is 36.4 Å². The largest absolute Gasteiger partial charge is 0.465 e. The van der Waals surface area contributed by atoms with Gasteiger partial charge in [-0.2, -0.15) is 0 Å². The van der Waals surface area contributed by atoms with Crippen LogP contribution in [-0.4, -0.2) is 19.4 Å². The summed E-state index contributed by atoms with van der Waals surface area (Å²) in [5.41, 5.74) is 1.64. The number of esters is 1. The SMILES string of the molecule is COC(=O)c1sc(C=O)cc1-c1ccccc1. The Hall–Kier alpha value is -1.94. The van der Waals surface area contributed by atoms with Gasteiger partial charge in [-0.25, -0.2) is 4.79 Å². The minimum Gasteiger partial charge on any atom is -0.465 e. The lowest BCUT2D eigenvalue weighted by Gasteiger charge is -2.01. The highest BCUT2D eigenvalue weighted by atomic mass is 32.1. The number of rotatable bonds is 3. The summed E-state index contributed by atoms with van der Waals surface area (Å²) in [5, 5.41) is 0. The van der Waals surface area contributed by atoms with E-state index in [2.05, 4.69) is 0 Å². The van der Waals surface area contributed by atoms with E-state index in [4.69, 9.17) is 4.74 Å². The summed E-state index contributed by atoms with van der Waals surface area (Å²) in [6.07, 6.45) is 0.740. The van der Waals surface area contributed by atoms with Gasteiger partial charge < -0.3 is 4.74 Å². The fraction of sp³-hybridized carbons (Fsp3) is 0.0769. The molecule has 0 fully saturated rings. The second kappa shape index (κ2) is 4.93. The molecular weight excluding hydrogens is 236 g/mol. The number of benzene rings is 1. The summed E-state index contributed by atoms with van der Waals surface area (Å²) in [6.45, 7) is 0. The molecule has 86 valence electrons. The van der Waals surface area contributed by atoms with Crippen LogP contribution >= 0.6 is 11.3 Å². The van der Waals surface area contributed by atoms with Crippen LogP contribution in [0, 0.1) is 0 Å². The maximum absolute atomic E-state index is 11.6. The highest BCUT2D eigenvalue weighted by Crippen LogP contribution is 2.31. The van der Waals surface area contributed by atoms with Crippen LogP contribution < -0.4 is 0 Å². The maximum Gasteiger partial charge on any atom is 0.348 e. The van der Waals surface area contributed by atoms with Crippen molar-refractivity contribution < 1.29 is 14.3 Å². The summed E-state index contributed by atoms with van der Waals surface area (Å²) in [4.78, 5) is 23.4. The molecule has 4 heteroatoms. The molecule has 2 aromatic rings. The molecule has 0 unspecified atom stereocenters. The van der Waals surface area contributed by atoms with Crippen LogP contribution in [-0.2, 0) is 4.74 Å². The Kier molecular flexibility index (Phi) is 3.35. The smallest absolute Gasteiger partial charge is 0.348 e. The third-order valence-electron chi connectivity index (χ3n) is 2.32. The van der Waals surface area contributed by atoms with Crippen LogP contribution in [0.5, 0.6) is 0 Å². The second-order valence-electron chi connectivity index (χ2n) is 3.37. The van der Waals surface area contributed by atoms with Crippen LogP contribution in [0.25, 0.3) is 11.1 Å². The van der Waals surface area contributed by atoms with Gasteiger partial charge in [-0.05, 0) is 11.6 Å². The van der Waals surface area contributed by atoms with Crippen molar-refractivity contribution in [2.24, 2.45) is 0 Å². The summed E-state index contributed by atoms with van der Waals surface area (Å²) < 4.78 is 4.71. The van der Waals surface area contributed by atoms with Crippen LogP contribution in [0.4, 0.5) is 0 Å². The van der Waals surface area contributed by atoms with E-state index in [9.17, 15) is 9.59 Å². The molecule has 0 aliphatic carbocycles. The van der Waals surface area contributed by atoms with Crippen molar-refractivity contribution in [3.05, 3.63) is 46.2 Å². The van der Waals surface area contributed by atoms with Gasteiger partial charge in [-0.15, -0.1) is 11.3 Å². The zero-order valence-electron chi connectivity index (χ0n) is 9.17. The van der Waals surface area contributed by atoms with Crippen molar-refractivity contribution in [3.8, 4) is 11.1 Å². The monoisotopic (exact) mass is 246 g/mol. The first-order valence-corrected chi connectivity index (χ1v) is 5.80. The van der Waals surface area contributed by atoms with Gasteiger partial charge >= 0.3 is 5.97 Å². The molecule has 0 N–H and O–H groups in total. The zero-order chi connectivity index (χ0) is 12.3. The number of methoxy groups -OCH3 is 1. The number of ether oxygens (including phenoxy) is 1. The van der Waals surface area contributed by atoms with E-state index >= 15 is 0 Å². The first-order chi connectivity index (χ1) is 8.26. The molecule has 0 radical (unpaired) electrons. The van der Waals surface area contributed by atoms with Crippen LogP contribution in [0.3, 0.4) is 0 Å². The van der Waals surface area contributed by atoms with Gasteiger partial charge in [0, 0.05) is 5.56 Å². The summed E-state index contributed by atoms with van der Waals surface area (Å²) in [6, 6.07) is 11.2. The van der Waals surface area contributed by atoms with E-state index in [-0.39, 0.29) is 0 Å². The Morgan fingerprint density at radius 1 is 1.29 bits per heavy atom. The first-order valence-electron chi connectivity index (χ1n) is 4.99. The fourth-order valence-corrected chi connectivity index (χ4v) is 2.46.